The maximum absolute atomic E-state index is 12.7. The number of hydrogen-bond acceptors (Lipinski definition) is 5. The molecule has 0 aliphatic rings. The number of nitrogens with zero attached hydrogens (tertiary/aromatic N) is 3. The fourth-order valence-electron chi connectivity index (χ4n) is 2.76. The molecule has 0 spiro atoms. The second-order valence-corrected chi connectivity index (χ2v) is 7.76. The topological polar surface area (TPSA) is 59.3 Å². The van der Waals surface area contributed by atoms with Crippen molar-refractivity contribution in [3.8, 4) is 0 Å². The van der Waals surface area contributed by atoms with Crippen LogP contribution in [0.2, 0.25) is 0 Å². The molecule has 0 unspecified atom stereocenters. The summed E-state index contributed by atoms with van der Waals surface area (Å²) < 4.78 is 1.94. The van der Waals surface area contributed by atoms with Crippen molar-refractivity contribution in [1.82, 2.24) is 19.9 Å². The molecule has 5 nitrogen and oxygen atoms in total. The second-order valence-electron chi connectivity index (χ2n) is 5.97. The molecule has 1 N–H and O–H groups in total. The van der Waals surface area contributed by atoms with Crippen LogP contribution >= 0.6 is 23.1 Å². The Hall–Kier alpha value is -2.64. The number of pyridine rings is 1. The minimum atomic E-state index is -0.0581. The Bertz CT molecular complexity index is 1040. The minimum absolute atomic E-state index is 0.0581. The van der Waals surface area contributed by atoms with Gasteiger partial charge in [-0.25, -0.2) is 0 Å². The molecule has 4 aromatic rings. The number of benzene rings is 1. The van der Waals surface area contributed by atoms with Crippen molar-refractivity contribution < 1.29 is 4.79 Å². The van der Waals surface area contributed by atoms with E-state index in [0.717, 1.165) is 22.1 Å². The normalized spacial score (nSPS) is 11.0. The van der Waals surface area contributed by atoms with Gasteiger partial charge in [-0.3, -0.25) is 9.20 Å². The lowest BCUT2D eigenvalue weighted by Gasteiger charge is -2.09. The van der Waals surface area contributed by atoms with Crippen LogP contribution in [0.3, 0.4) is 0 Å². The second kappa shape index (κ2) is 8.37. The molecule has 0 radical (unpaired) electrons. The van der Waals surface area contributed by atoms with E-state index in [9.17, 15) is 4.79 Å². The van der Waals surface area contributed by atoms with Crippen molar-refractivity contribution in [3.05, 3.63) is 82.4 Å². The van der Waals surface area contributed by atoms with E-state index in [1.54, 1.807) is 23.1 Å². The van der Waals surface area contributed by atoms with Crippen LogP contribution in [0.15, 0.2) is 70.4 Å². The molecular formula is C20H18N4OS2. The van der Waals surface area contributed by atoms with Gasteiger partial charge < -0.3 is 5.32 Å². The number of nitrogens with one attached hydrogen (secondary N) is 1. The van der Waals surface area contributed by atoms with Gasteiger partial charge in [0.25, 0.3) is 5.91 Å². The average Bonchev–Trinajstić information content (AvgIpc) is 3.37. The smallest absolute Gasteiger partial charge is 0.252 e. The van der Waals surface area contributed by atoms with E-state index in [1.807, 2.05) is 53.1 Å². The van der Waals surface area contributed by atoms with E-state index in [2.05, 4.69) is 32.3 Å². The minimum Gasteiger partial charge on any atom is -0.352 e. The lowest BCUT2D eigenvalue weighted by Crippen LogP contribution is -2.26. The Morgan fingerprint density at radius 2 is 2.00 bits per heavy atom. The molecule has 27 heavy (non-hydrogen) atoms. The summed E-state index contributed by atoms with van der Waals surface area (Å²) in [4.78, 5) is 13.6. The largest absolute Gasteiger partial charge is 0.352 e. The van der Waals surface area contributed by atoms with Crippen LogP contribution in [-0.4, -0.2) is 27.0 Å². The number of hydrogen-bond donors (Lipinski definition) is 1. The maximum atomic E-state index is 12.7. The Morgan fingerprint density at radius 1 is 1.11 bits per heavy atom. The first-order valence-corrected chi connectivity index (χ1v) is 10.5. The number of rotatable bonds is 7. The highest BCUT2D eigenvalue weighted by atomic mass is 32.2. The van der Waals surface area contributed by atoms with Gasteiger partial charge in [0, 0.05) is 29.8 Å². The van der Waals surface area contributed by atoms with Gasteiger partial charge in [-0.05, 0) is 46.7 Å². The van der Waals surface area contributed by atoms with Crippen molar-refractivity contribution >= 4 is 34.7 Å². The van der Waals surface area contributed by atoms with Gasteiger partial charge in [0.15, 0.2) is 5.65 Å². The van der Waals surface area contributed by atoms with Gasteiger partial charge in [0.2, 0.25) is 0 Å². The quantitative estimate of drug-likeness (QED) is 0.480. The molecule has 1 amide bonds. The van der Waals surface area contributed by atoms with Crippen LogP contribution < -0.4 is 5.32 Å². The van der Waals surface area contributed by atoms with Gasteiger partial charge in [-0.15, -0.1) is 22.0 Å². The van der Waals surface area contributed by atoms with E-state index in [1.165, 1.54) is 5.56 Å². The molecule has 0 bridgehead atoms. The van der Waals surface area contributed by atoms with Crippen LogP contribution in [0.1, 0.15) is 21.7 Å². The molecule has 3 heterocycles. The number of carbonyl (C=O) groups is 1. The zero-order chi connectivity index (χ0) is 18.5. The third-order valence-corrected chi connectivity index (χ3v) is 6.00. The van der Waals surface area contributed by atoms with E-state index in [0.29, 0.717) is 18.5 Å². The number of amides is 1. The van der Waals surface area contributed by atoms with Gasteiger partial charge in [-0.1, -0.05) is 18.2 Å². The van der Waals surface area contributed by atoms with Crippen molar-refractivity contribution in [3.63, 3.8) is 0 Å². The molecule has 3 aromatic heterocycles. The summed E-state index contributed by atoms with van der Waals surface area (Å²) in [6.45, 7) is 0.512. The maximum Gasteiger partial charge on any atom is 0.252 e. The van der Waals surface area contributed by atoms with E-state index >= 15 is 0 Å². The summed E-state index contributed by atoms with van der Waals surface area (Å²) in [6, 6.07) is 15.6. The van der Waals surface area contributed by atoms with Crippen LogP contribution in [0.5, 0.6) is 0 Å². The molecule has 0 aliphatic heterocycles. The first kappa shape index (κ1) is 17.8. The van der Waals surface area contributed by atoms with E-state index in [4.69, 9.17) is 0 Å². The highest BCUT2D eigenvalue weighted by Gasteiger charge is 2.12. The van der Waals surface area contributed by atoms with Gasteiger partial charge in [-0.2, -0.15) is 11.3 Å². The third kappa shape index (κ3) is 4.20. The molecule has 0 atom stereocenters. The highest BCUT2D eigenvalue weighted by Crippen LogP contribution is 2.27. The Kier molecular flexibility index (Phi) is 5.50. The van der Waals surface area contributed by atoms with Crippen molar-refractivity contribution in [2.24, 2.45) is 0 Å². The van der Waals surface area contributed by atoms with Crippen LogP contribution in [0.4, 0.5) is 0 Å². The summed E-state index contributed by atoms with van der Waals surface area (Å²) in [5, 5.41) is 15.5. The molecule has 1 aromatic carbocycles. The Balaban J connectivity index is 1.38. The van der Waals surface area contributed by atoms with E-state index < -0.39 is 0 Å². The number of thiophene rings is 1. The summed E-state index contributed by atoms with van der Waals surface area (Å²) in [6.07, 6.45) is 2.56. The summed E-state index contributed by atoms with van der Waals surface area (Å²) in [5.74, 6) is 1.64. The zero-order valence-corrected chi connectivity index (χ0v) is 16.2. The lowest BCUT2D eigenvalue weighted by molar-refractivity contribution is 0.0951. The molecule has 0 aliphatic carbocycles. The van der Waals surface area contributed by atoms with Gasteiger partial charge in [0.05, 0.1) is 5.56 Å². The fourth-order valence-corrected chi connectivity index (χ4v) is 4.53. The number of thioether (sulfide) groups is 1. The molecule has 0 saturated heterocycles. The molecule has 136 valence electrons. The Morgan fingerprint density at radius 3 is 2.89 bits per heavy atom. The predicted molar refractivity (Wildman–Crippen MR) is 109 cm³/mol. The number of fused-ring (bicyclic) bond motifs is 1. The summed E-state index contributed by atoms with van der Waals surface area (Å²) in [5.41, 5.74) is 2.80. The SMILES string of the molecule is O=C(NCCc1nnc2ccccn12)c1ccccc1SCc1ccsc1. The summed E-state index contributed by atoms with van der Waals surface area (Å²) >= 11 is 3.38. The predicted octanol–water partition coefficient (Wildman–Crippen LogP) is 4.06. The van der Waals surface area contributed by atoms with E-state index in [-0.39, 0.29) is 5.91 Å². The first-order chi connectivity index (χ1) is 13.3. The van der Waals surface area contributed by atoms with Gasteiger partial charge in [0.1, 0.15) is 5.82 Å². The van der Waals surface area contributed by atoms with Crippen LogP contribution in [0.25, 0.3) is 5.65 Å². The van der Waals surface area contributed by atoms with Gasteiger partial charge >= 0.3 is 0 Å². The van der Waals surface area contributed by atoms with Crippen molar-refractivity contribution in [2.45, 2.75) is 17.1 Å². The molecule has 0 fully saturated rings. The molecule has 4 rings (SSSR count). The fraction of sp³-hybridized carbons (Fsp3) is 0.150. The molecule has 7 heteroatoms. The highest BCUT2D eigenvalue weighted by molar-refractivity contribution is 7.98. The van der Waals surface area contributed by atoms with Crippen molar-refractivity contribution in [2.75, 3.05) is 6.54 Å². The zero-order valence-electron chi connectivity index (χ0n) is 14.5. The number of aromatic nitrogens is 3. The molecule has 0 saturated carbocycles. The number of carbonyl (C=O) groups excluding carboxylic acids is 1. The average molecular weight is 395 g/mol. The Labute approximate surface area is 165 Å². The van der Waals surface area contributed by atoms with Crippen LogP contribution in [-0.2, 0) is 12.2 Å². The first-order valence-electron chi connectivity index (χ1n) is 8.61. The third-order valence-electron chi connectivity index (χ3n) is 4.12. The van der Waals surface area contributed by atoms with Crippen molar-refractivity contribution in [1.29, 1.82) is 0 Å². The monoisotopic (exact) mass is 394 g/mol. The van der Waals surface area contributed by atoms with Crippen LogP contribution in [0, 0.1) is 0 Å². The standard InChI is InChI=1S/C20H18N4OS2/c25-20(21-10-8-19-23-22-18-7-3-4-11-24(18)19)16-5-1-2-6-17(16)27-14-15-9-12-26-13-15/h1-7,9,11-13H,8,10,14H2,(H,21,25). The summed E-state index contributed by atoms with van der Waals surface area (Å²) in [7, 11) is 0. The lowest BCUT2D eigenvalue weighted by atomic mass is 10.2. The molecular weight excluding hydrogens is 376 g/mol.